The maximum absolute atomic E-state index is 14.2. The number of nitrogens with zero attached hydrogens (tertiary/aromatic N) is 2. The third-order valence-corrected chi connectivity index (χ3v) is 7.53. The second-order valence-electron chi connectivity index (χ2n) is 9.11. The van der Waals surface area contributed by atoms with Crippen molar-refractivity contribution in [3.05, 3.63) is 126 Å². The highest BCUT2D eigenvalue weighted by molar-refractivity contribution is 7.07. The molecule has 0 aliphatic carbocycles. The number of allylic oxidation sites excluding steroid dienone is 1. The highest BCUT2D eigenvalue weighted by Crippen LogP contribution is 2.33. The van der Waals surface area contributed by atoms with E-state index in [4.69, 9.17) is 14.2 Å². The molecule has 2 heterocycles. The molecule has 7 nitrogen and oxygen atoms in total. The van der Waals surface area contributed by atoms with Crippen molar-refractivity contribution in [2.24, 2.45) is 4.99 Å². The van der Waals surface area contributed by atoms with Gasteiger partial charge in [-0.05, 0) is 49.8 Å². The molecule has 0 spiro atoms. The van der Waals surface area contributed by atoms with Crippen molar-refractivity contribution in [2.45, 2.75) is 26.5 Å². The third kappa shape index (κ3) is 5.55. The van der Waals surface area contributed by atoms with Gasteiger partial charge in [0, 0.05) is 11.1 Å². The zero-order chi connectivity index (χ0) is 29.1. The quantitative estimate of drug-likeness (QED) is 0.285. The van der Waals surface area contributed by atoms with Gasteiger partial charge in [-0.25, -0.2) is 18.6 Å². The third-order valence-electron chi connectivity index (χ3n) is 6.55. The van der Waals surface area contributed by atoms with E-state index in [1.165, 1.54) is 42.0 Å². The number of ether oxygens (including phenoxy) is 3. The molecule has 0 radical (unpaired) electrons. The van der Waals surface area contributed by atoms with Crippen molar-refractivity contribution in [3.8, 4) is 11.5 Å². The van der Waals surface area contributed by atoms with Gasteiger partial charge >= 0.3 is 5.97 Å². The SMILES string of the molecule is CCOC(=O)C1=C(C)N=c2s/c(=C\c3cccc(OC)c3OCc3ccccc3F)c(=O)n2[C@@H]1c1ccc(F)cc1. The number of carbonyl (C=O) groups is 1. The largest absolute Gasteiger partial charge is 0.493 e. The number of carbonyl (C=O) groups excluding carboxylic acids is 1. The number of esters is 1. The van der Waals surface area contributed by atoms with E-state index in [1.807, 2.05) is 0 Å². The summed E-state index contributed by atoms with van der Waals surface area (Å²) in [6.07, 6.45) is 1.65. The van der Waals surface area contributed by atoms with E-state index in [9.17, 15) is 18.4 Å². The molecule has 1 aromatic heterocycles. The second-order valence-corrected chi connectivity index (χ2v) is 10.1. The summed E-state index contributed by atoms with van der Waals surface area (Å²) in [4.78, 5) is 31.8. The minimum atomic E-state index is -0.866. The van der Waals surface area contributed by atoms with Crippen LogP contribution in [0.1, 0.15) is 36.6 Å². The number of hydrogen-bond acceptors (Lipinski definition) is 7. The van der Waals surface area contributed by atoms with E-state index in [0.29, 0.717) is 43.2 Å². The van der Waals surface area contributed by atoms with E-state index in [-0.39, 0.29) is 18.8 Å². The fourth-order valence-electron chi connectivity index (χ4n) is 4.62. The number of benzene rings is 3. The molecule has 0 bridgehead atoms. The fourth-order valence-corrected chi connectivity index (χ4v) is 5.66. The normalized spacial score (nSPS) is 14.9. The smallest absolute Gasteiger partial charge is 0.338 e. The Bertz CT molecular complexity index is 1830. The van der Waals surface area contributed by atoms with Gasteiger partial charge in [-0.2, -0.15) is 0 Å². The molecule has 0 N–H and O–H groups in total. The molecule has 4 aromatic rings. The Morgan fingerprint density at radius 2 is 1.83 bits per heavy atom. The molecule has 1 aliphatic rings. The molecule has 5 rings (SSSR count). The Balaban J connectivity index is 1.64. The Hall–Kier alpha value is -4.57. The Morgan fingerprint density at radius 3 is 2.54 bits per heavy atom. The van der Waals surface area contributed by atoms with Crippen LogP contribution in [0.2, 0.25) is 0 Å². The van der Waals surface area contributed by atoms with Gasteiger partial charge in [-0.1, -0.05) is 53.8 Å². The van der Waals surface area contributed by atoms with Gasteiger partial charge in [-0.15, -0.1) is 0 Å². The van der Waals surface area contributed by atoms with E-state index in [0.717, 1.165) is 11.3 Å². The molecule has 210 valence electrons. The molecule has 0 unspecified atom stereocenters. The van der Waals surface area contributed by atoms with Gasteiger partial charge in [0.25, 0.3) is 5.56 Å². The van der Waals surface area contributed by atoms with Gasteiger partial charge in [-0.3, -0.25) is 9.36 Å². The number of fused-ring (bicyclic) bond motifs is 1. The van der Waals surface area contributed by atoms with Crippen molar-refractivity contribution < 1.29 is 27.8 Å². The van der Waals surface area contributed by atoms with Crippen LogP contribution < -0.4 is 24.4 Å². The molecule has 1 atom stereocenters. The van der Waals surface area contributed by atoms with Gasteiger partial charge in [0.1, 0.15) is 18.2 Å². The number of aromatic nitrogens is 1. The summed E-state index contributed by atoms with van der Waals surface area (Å²) in [6.45, 7) is 3.45. The highest BCUT2D eigenvalue weighted by atomic mass is 32.1. The predicted octanol–water partition coefficient (Wildman–Crippen LogP) is 4.66. The van der Waals surface area contributed by atoms with Crippen LogP contribution in [0.15, 0.2) is 87.8 Å². The first-order valence-corrected chi connectivity index (χ1v) is 13.6. The van der Waals surface area contributed by atoms with Crippen molar-refractivity contribution in [1.29, 1.82) is 0 Å². The van der Waals surface area contributed by atoms with E-state index < -0.39 is 29.2 Å². The lowest BCUT2D eigenvalue weighted by molar-refractivity contribution is -0.139. The second kappa shape index (κ2) is 11.9. The van der Waals surface area contributed by atoms with Gasteiger partial charge in [0.2, 0.25) is 0 Å². The fraction of sp³-hybridized carbons (Fsp3) is 0.194. The monoisotopic (exact) mass is 576 g/mol. The Labute approximate surface area is 238 Å². The van der Waals surface area contributed by atoms with Crippen LogP contribution >= 0.6 is 11.3 Å². The number of rotatable bonds is 8. The number of hydrogen-bond donors (Lipinski definition) is 0. The summed E-state index contributed by atoms with van der Waals surface area (Å²) >= 11 is 1.14. The number of halogens is 2. The van der Waals surface area contributed by atoms with Crippen molar-refractivity contribution >= 4 is 23.4 Å². The summed E-state index contributed by atoms with van der Waals surface area (Å²) in [7, 11) is 1.49. The van der Waals surface area contributed by atoms with Crippen LogP contribution in [0.5, 0.6) is 11.5 Å². The molecule has 0 saturated heterocycles. The molecular weight excluding hydrogens is 550 g/mol. The number of methoxy groups -OCH3 is 1. The van der Waals surface area contributed by atoms with Crippen LogP contribution in [0, 0.1) is 11.6 Å². The average molecular weight is 577 g/mol. The minimum absolute atomic E-state index is 0.0538. The van der Waals surface area contributed by atoms with Crippen molar-refractivity contribution in [3.63, 3.8) is 0 Å². The molecule has 1 aliphatic heterocycles. The first kappa shape index (κ1) is 28.0. The standard InChI is InChI=1S/C31H26F2N2O5S/c1-4-39-30(37)26-18(2)34-31-35(27(26)19-12-14-22(32)15-13-19)29(36)25(41-31)16-20-9-7-11-24(38-3)28(20)40-17-21-8-5-6-10-23(21)33/h5-16,27H,4,17H2,1-3H3/b25-16-/t27-/m1/s1. The topological polar surface area (TPSA) is 79.1 Å². The van der Waals surface area contributed by atoms with Crippen LogP contribution in [0.3, 0.4) is 0 Å². The average Bonchev–Trinajstić information content (AvgIpc) is 3.26. The molecule has 0 amide bonds. The van der Waals surface area contributed by atoms with Gasteiger partial charge in [0.15, 0.2) is 16.3 Å². The molecule has 10 heteroatoms. The van der Waals surface area contributed by atoms with Crippen LogP contribution in [-0.4, -0.2) is 24.3 Å². The lowest BCUT2D eigenvalue weighted by Crippen LogP contribution is -2.39. The first-order chi connectivity index (χ1) is 19.8. The van der Waals surface area contributed by atoms with Gasteiger partial charge in [0.05, 0.1) is 35.6 Å². The van der Waals surface area contributed by atoms with Crippen molar-refractivity contribution in [1.82, 2.24) is 4.57 Å². The molecule has 0 fully saturated rings. The lowest BCUT2D eigenvalue weighted by Gasteiger charge is -2.24. The van der Waals surface area contributed by atoms with Crippen LogP contribution in [-0.2, 0) is 16.1 Å². The molecule has 3 aromatic carbocycles. The maximum Gasteiger partial charge on any atom is 0.338 e. The summed E-state index contributed by atoms with van der Waals surface area (Å²) < 4.78 is 46.6. The first-order valence-electron chi connectivity index (χ1n) is 12.8. The highest BCUT2D eigenvalue weighted by Gasteiger charge is 2.33. The summed E-state index contributed by atoms with van der Waals surface area (Å²) in [5, 5.41) is 0. The number of para-hydroxylation sites is 1. The molecular formula is C31H26F2N2O5S. The Kier molecular flexibility index (Phi) is 8.11. The zero-order valence-corrected chi connectivity index (χ0v) is 23.3. The van der Waals surface area contributed by atoms with Crippen molar-refractivity contribution in [2.75, 3.05) is 13.7 Å². The van der Waals surface area contributed by atoms with E-state index in [1.54, 1.807) is 56.3 Å². The molecule has 41 heavy (non-hydrogen) atoms. The molecule has 0 saturated carbocycles. The van der Waals surface area contributed by atoms with Crippen LogP contribution in [0.25, 0.3) is 6.08 Å². The van der Waals surface area contributed by atoms with Gasteiger partial charge < -0.3 is 14.2 Å². The van der Waals surface area contributed by atoms with E-state index >= 15 is 0 Å². The summed E-state index contributed by atoms with van der Waals surface area (Å²) in [5.74, 6) is -0.699. The maximum atomic E-state index is 14.2. The predicted molar refractivity (Wildman–Crippen MR) is 151 cm³/mol. The zero-order valence-electron chi connectivity index (χ0n) is 22.5. The Morgan fingerprint density at radius 1 is 1.07 bits per heavy atom. The number of thiazole rings is 1. The summed E-state index contributed by atoms with van der Waals surface area (Å²) in [6, 6.07) is 16.3. The van der Waals surface area contributed by atoms with E-state index in [2.05, 4.69) is 4.99 Å². The lowest BCUT2D eigenvalue weighted by atomic mass is 9.96. The summed E-state index contributed by atoms with van der Waals surface area (Å²) in [5.41, 5.74) is 1.64. The minimum Gasteiger partial charge on any atom is -0.493 e. The van der Waals surface area contributed by atoms with Crippen LogP contribution in [0.4, 0.5) is 8.78 Å².